The van der Waals surface area contributed by atoms with Crippen LogP contribution in [0.2, 0.25) is 5.02 Å². The Kier molecular flexibility index (Phi) is 4.52. The molecule has 0 N–H and O–H groups in total. The third-order valence-electron chi connectivity index (χ3n) is 2.28. The molecule has 0 aliphatic heterocycles. The van der Waals surface area contributed by atoms with E-state index in [1.165, 1.54) is 0 Å². The molecule has 1 aromatic rings. The van der Waals surface area contributed by atoms with Gasteiger partial charge in [0, 0.05) is 15.1 Å². The van der Waals surface area contributed by atoms with Crippen LogP contribution in [0.25, 0.3) is 0 Å². The second-order valence-electron chi connectivity index (χ2n) is 3.84. The lowest BCUT2D eigenvalue weighted by molar-refractivity contribution is 0.0923. The molecular weight excluding hydrogens is 289 g/mol. The smallest absolute Gasteiger partial charge is 0.181 e. The molecule has 1 unspecified atom stereocenters. The zero-order valence-electron chi connectivity index (χ0n) is 9.00. The summed E-state index contributed by atoms with van der Waals surface area (Å²) in [5, 5.41) is 9.52. The Morgan fingerprint density at radius 2 is 2.12 bits per heavy atom. The van der Waals surface area contributed by atoms with Gasteiger partial charge in [0.15, 0.2) is 5.78 Å². The fraction of sp³-hybridized carbons (Fsp3) is 0.333. The largest absolute Gasteiger partial charge is 0.293 e. The van der Waals surface area contributed by atoms with Gasteiger partial charge in [0.2, 0.25) is 0 Å². The predicted molar refractivity (Wildman–Crippen MR) is 67.4 cm³/mol. The molecule has 0 fully saturated rings. The lowest BCUT2D eigenvalue weighted by Gasteiger charge is -2.12. The van der Waals surface area contributed by atoms with Gasteiger partial charge >= 0.3 is 0 Å². The number of carbonyl (C=O) groups is 1. The van der Waals surface area contributed by atoms with Crippen LogP contribution in [0.15, 0.2) is 22.7 Å². The molecule has 0 amide bonds. The molecule has 0 aromatic heterocycles. The lowest BCUT2D eigenvalue weighted by Crippen LogP contribution is -2.19. The van der Waals surface area contributed by atoms with Gasteiger partial charge in [-0.05, 0) is 40.0 Å². The summed E-state index contributed by atoms with van der Waals surface area (Å²) in [6.45, 7) is 3.71. The molecule has 2 nitrogen and oxygen atoms in total. The number of rotatable bonds is 3. The van der Waals surface area contributed by atoms with E-state index in [0.29, 0.717) is 15.1 Å². The van der Waals surface area contributed by atoms with Crippen molar-refractivity contribution in [3.8, 4) is 6.07 Å². The fourth-order valence-corrected chi connectivity index (χ4v) is 2.25. The highest BCUT2D eigenvalue weighted by atomic mass is 79.9. The quantitative estimate of drug-likeness (QED) is 0.789. The second kappa shape index (κ2) is 5.47. The van der Waals surface area contributed by atoms with Crippen LogP contribution in [0.3, 0.4) is 0 Å². The predicted octanol–water partition coefficient (Wildman–Crippen LogP) is 4.08. The molecule has 0 aliphatic carbocycles. The Balaban J connectivity index is 3.10. The van der Waals surface area contributed by atoms with E-state index in [4.69, 9.17) is 16.9 Å². The first-order valence-electron chi connectivity index (χ1n) is 4.86. The van der Waals surface area contributed by atoms with Gasteiger partial charge in [-0.1, -0.05) is 25.4 Å². The molecule has 0 aliphatic rings. The molecule has 1 aromatic carbocycles. The Bertz CT molecular complexity index is 451. The Morgan fingerprint density at radius 1 is 1.50 bits per heavy atom. The van der Waals surface area contributed by atoms with Crippen molar-refractivity contribution >= 4 is 33.3 Å². The van der Waals surface area contributed by atoms with Crippen molar-refractivity contribution < 1.29 is 4.79 Å². The van der Waals surface area contributed by atoms with Crippen molar-refractivity contribution in [1.82, 2.24) is 0 Å². The van der Waals surface area contributed by atoms with E-state index in [1.807, 2.05) is 19.9 Å². The number of carbonyl (C=O) groups excluding carboxylic acids is 1. The highest BCUT2D eigenvalue weighted by molar-refractivity contribution is 9.10. The van der Waals surface area contributed by atoms with Crippen molar-refractivity contribution in [3.63, 3.8) is 0 Å². The van der Waals surface area contributed by atoms with Crippen LogP contribution in [-0.4, -0.2) is 5.78 Å². The number of nitrogens with zero attached hydrogens (tertiary/aromatic N) is 1. The van der Waals surface area contributed by atoms with Crippen molar-refractivity contribution in [3.05, 3.63) is 33.3 Å². The maximum atomic E-state index is 12.1. The number of hydrogen-bond acceptors (Lipinski definition) is 2. The van der Waals surface area contributed by atoms with Crippen LogP contribution < -0.4 is 0 Å². The number of hydrogen-bond donors (Lipinski definition) is 0. The normalized spacial score (nSPS) is 12.2. The highest BCUT2D eigenvalue weighted by Gasteiger charge is 2.24. The highest BCUT2D eigenvalue weighted by Crippen LogP contribution is 2.25. The van der Waals surface area contributed by atoms with E-state index >= 15 is 0 Å². The summed E-state index contributed by atoms with van der Waals surface area (Å²) < 4.78 is 0.630. The SMILES string of the molecule is CC(C)C(C#N)C(=O)c1ccc(Cl)cc1Br. The van der Waals surface area contributed by atoms with Crippen molar-refractivity contribution in [2.45, 2.75) is 13.8 Å². The number of Topliss-reactive ketones (excluding diaryl/α,β-unsaturated/α-hetero) is 1. The first kappa shape index (κ1) is 13.2. The fourth-order valence-electron chi connectivity index (χ4n) is 1.37. The summed E-state index contributed by atoms with van der Waals surface area (Å²) in [5.74, 6) is -0.779. The average Bonchev–Trinajstić information content (AvgIpc) is 2.17. The maximum Gasteiger partial charge on any atom is 0.181 e. The van der Waals surface area contributed by atoms with Gasteiger partial charge in [-0.25, -0.2) is 0 Å². The summed E-state index contributed by atoms with van der Waals surface area (Å²) in [4.78, 5) is 12.1. The van der Waals surface area contributed by atoms with E-state index < -0.39 is 5.92 Å². The van der Waals surface area contributed by atoms with Crippen LogP contribution in [-0.2, 0) is 0 Å². The molecule has 0 saturated carbocycles. The molecule has 0 heterocycles. The monoisotopic (exact) mass is 299 g/mol. The first-order chi connectivity index (χ1) is 7.47. The van der Waals surface area contributed by atoms with Gasteiger partial charge in [0.1, 0.15) is 5.92 Å². The van der Waals surface area contributed by atoms with Crippen molar-refractivity contribution in [1.29, 1.82) is 5.26 Å². The van der Waals surface area contributed by atoms with Gasteiger partial charge in [-0.15, -0.1) is 0 Å². The number of halogens is 2. The Hall–Kier alpha value is -0.850. The third kappa shape index (κ3) is 2.84. The summed E-state index contributed by atoms with van der Waals surface area (Å²) in [6.07, 6.45) is 0. The molecule has 0 saturated heterocycles. The van der Waals surface area contributed by atoms with Gasteiger partial charge in [0.05, 0.1) is 6.07 Å². The summed E-state index contributed by atoms with van der Waals surface area (Å²) in [6, 6.07) is 6.98. The Morgan fingerprint density at radius 3 is 2.56 bits per heavy atom. The van der Waals surface area contributed by atoms with Gasteiger partial charge in [-0.3, -0.25) is 4.79 Å². The van der Waals surface area contributed by atoms with Crippen molar-refractivity contribution in [2.75, 3.05) is 0 Å². The number of nitriles is 1. The molecule has 16 heavy (non-hydrogen) atoms. The van der Waals surface area contributed by atoms with Gasteiger partial charge in [0.25, 0.3) is 0 Å². The molecule has 4 heteroatoms. The minimum absolute atomic E-state index is 0.0000723. The minimum atomic E-state index is -0.613. The van der Waals surface area contributed by atoms with Crippen molar-refractivity contribution in [2.24, 2.45) is 11.8 Å². The first-order valence-corrected chi connectivity index (χ1v) is 6.03. The van der Waals surface area contributed by atoms with Gasteiger partial charge < -0.3 is 0 Å². The second-order valence-corrected chi connectivity index (χ2v) is 5.13. The molecule has 1 atom stereocenters. The average molecular weight is 301 g/mol. The van der Waals surface area contributed by atoms with Crippen LogP contribution in [0.4, 0.5) is 0 Å². The van der Waals surface area contributed by atoms with E-state index in [-0.39, 0.29) is 11.7 Å². The zero-order valence-corrected chi connectivity index (χ0v) is 11.3. The maximum absolute atomic E-state index is 12.1. The lowest BCUT2D eigenvalue weighted by atomic mass is 9.89. The molecule has 1 rings (SSSR count). The van der Waals surface area contributed by atoms with Crippen LogP contribution in [0, 0.1) is 23.2 Å². The third-order valence-corrected chi connectivity index (χ3v) is 3.18. The van der Waals surface area contributed by atoms with Crippen LogP contribution in [0.5, 0.6) is 0 Å². The summed E-state index contributed by atoms with van der Waals surface area (Å²) in [7, 11) is 0. The molecule has 0 radical (unpaired) electrons. The van der Waals surface area contributed by atoms with Crippen LogP contribution in [0.1, 0.15) is 24.2 Å². The molecule has 0 spiro atoms. The van der Waals surface area contributed by atoms with E-state index in [2.05, 4.69) is 15.9 Å². The summed E-state index contributed by atoms with van der Waals surface area (Å²) in [5.41, 5.74) is 0.504. The van der Waals surface area contributed by atoms with E-state index in [9.17, 15) is 4.79 Å². The molecular formula is C12H11BrClNO. The topological polar surface area (TPSA) is 40.9 Å². The molecule has 84 valence electrons. The van der Waals surface area contributed by atoms with E-state index in [1.54, 1.807) is 18.2 Å². The van der Waals surface area contributed by atoms with Gasteiger partial charge in [-0.2, -0.15) is 5.26 Å². The van der Waals surface area contributed by atoms with E-state index in [0.717, 1.165) is 0 Å². The summed E-state index contributed by atoms with van der Waals surface area (Å²) >= 11 is 9.07. The number of benzene rings is 1. The minimum Gasteiger partial charge on any atom is -0.293 e. The zero-order chi connectivity index (χ0) is 12.3. The Labute approximate surface area is 108 Å². The standard InChI is InChI=1S/C12H11BrClNO/c1-7(2)10(6-15)12(16)9-4-3-8(14)5-11(9)13/h3-5,7,10H,1-2H3. The molecule has 0 bridgehead atoms. The number of ketones is 1. The van der Waals surface area contributed by atoms with Crippen LogP contribution >= 0.6 is 27.5 Å².